The van der Waals surface area contributed by atoms with Gasteiger partial charge in [0.1, 0.15) is 5.75 Å². The zero-order valence-corrected chi connectivity index (χ0v) is 14.8. The molecule has 0 saturated heterocycles. The lowest BCUT2D eigenvalue weighted by Gasteiger charge is -2.13. The molecule has 0 aliphatic rings. The first-order chi connectivity index (χ1) is 13.5. The average Bonchev–Trinajstić information content (AvgIpc) is 2.70. The van der Waals surface area contributed by atoms with Crippen LogP contribution in [0.3, 0.4) is 0 Å². The molecule has 1 heterocycles. The number of nitrogens with zero attached hydrogens (tertiary/aromatic N) is 1. The summed E-state index contributed by atoms with van der Waals surface area (Å²) in [5.41, 5.74) is 0.799. The van der Waals surface area contributed by atoms with Crippen molar-refractivity contribution in [3.8, 4) is 5.75 Å². The monoisotopic (exact) mass is 387 g/mol. The highest BCUT2D eigenvalue weighted by molar-refractivity contribution is 6.04. The van der Waals surface area contributed by atoms with E-state index in [0.29, 0.717) is 23.7 Å². The molecule has 0 atom stereocenters. The van der Waals surface area contributed by atoms with Gasteiger partial charge < -0.3 is 15.4 Å². The van der Waals surface area contributed by atoms with Gasteiger partial charge in [-0.1, -0.05) is 12.1 Å². The molecule has 0 bridgehead atoms. The maximum Gasteiger partial charge on any atom is 0.257 e. The highest BCUT2D eigenvalue weighted by Gasteiger charge is 2.16. The van der Waals surface area contributed by atoms with Crippen LogP contribution in [0.25, 0.3) is 0 Å². The molecule has 0 fully saturated rings. The van der Waals surface area contributed by atoms with Crippen molar-refractivity contribution in [2.24, 2.45) is 0 Å². The number of halogens is 3. The second-order valence-electron chi connectivity index (χ2n) is 5.69. The summed E-state index contributed by atoms with van der Waals surface area (Å²) in [5, 5.41) is 5.30. The van der Waals surface area contributed by atoms with Crippen LogP contribution in [0, 0.1) is 17.5 Å². The second-order valence-corrected chi connectivity index (χ2v) is 5.69. The molecule has 3 aromatic rings. The van der Waals surface area contributed by atoms with Crippen molar-refractivity contribution < 1.29 is 22.7 Å². The number of pyridine rings is 1. The van der Waals surface area contributed by atoms with Crippen LogP contribution in [-0.4, -0.2) is 17.5 Å². The number of benzene rings is 2. The Morgan fingerprint density at radius 2 is 1.82 bits per heavy atom. The Labute approximate surface area is 159 Å². The summed E-state index contributed by atoms with van der Waals surface area (Å²) in [4.78, 5) is 16.3. The molecule has 1 amide bonds. The summed E-state index contributed by atoms with van der Waals surface area (Å²) < 4.78 is 45.6. The van der Waals surface area contributed by atoms with E-state index >= 15 is 0 Å². The molecule has 2 N–H and O–H groups in total. The third-order valence-electron chi connectivity index (χ3n) is 3.75. The Balaban J connectivity index is 1.80. The van der Waals surface area contributed by atoms with Gasteiger partial charge in [0.2, 0.25) is 0 Å². The SMILES string of the molecule is CCOc1ccccc1Nc1cncc(C(=O)Nc2ccc(F)c(F)c2F)c1. The van der Waals surface area contributed by atoms with Crippen LogP contribution in [0.15, 0.2) is 54.9 Å². The number of carbonyl (C=O) groups excluding carboxylic acids is 1. The van der Waals surface area contributed by atoms with Crippen molar-refractivity contribution in [2.45, 2.75) is 6.92 Å². The van der Waals surface area contributed by atoms with Crippen LogP contribution in [0.4, 0.5) is 30.2 Å². The number of para-hydroxylation sites is 2. The number of ether oxygens (including phenoxy) is 1. The summed E-state index contributed by atoms with van der Waals surface area (Å²) in [6.07, 6.45) is 2.77. The van der Waals surface area contributed by atoms with Crippen LogP contribution < -0.4 is 15.4 Å². The van der Waals surface area contributed by atoms with Gasteiger partial charge in [0.25, 0.3) is 5.91 Å². The maximum atomic E-state index is 13.8. The van der Waals surface area contributed by atoms with Gasteiger partial charge >= 0.3 is 0 Å². The molecular formula is C20H16F3N3O2. The first kappa shape index (κ1) is 19.2. The molecule has 3 rings (SSSR count). The summed E-state index contributed by atoms with van der Waals surface area (Å²) in [6.45, 7) is 2.35. The molecule has 5 nitrogen and oxygen atoms in total. The second kappa shape index (κ2) is 8.43. The zero-order chi connectivity index (χ0) is 20.1. The van der Waals surface area contributed by atoms with Crippen LogP contribution >= 0.6 is 0 Å². The van der Waals surface area contributed by atoms with E-state index in [4.69, 9.17) is 4.74 Å². The fourth-order valence-corrected chi connectivity index (χ4v) is 2.46. The van der Waals surface area contributed by atoms with Crippen molar-refractivity contribution in [3.63, 3.8) is 0 Å². The van der Waals surface area contributed by atoms with Crippen molar-refractivity contribution in [1.82, 2.24) is 4.98 Å². The van der Waals surface area contributed by atoms with Gasteiger partial charge in [0.05, 0.1) is 35.4 Å². The molecular weight excluding hydrogens is 371 g/mol. The molecule has 0 unspecified atom stereocenters. The Bertz CT molecular complexity index is 1010. The van der Waals surface area contributed by atoms with E-state index in [0.717, 1.165) is 12.1 Å². The quantitative estimate of drug-likeness (QED) is 0.591. The maximum absolute atomic E-state index is 13.8. The predicted molar refractivity (Wildman–Crippen MR) is 99.4 cm³/mol. The lowest BCUT2D eigenvalue weighted by molar-refractivity contribution is 0.102. The topological polar surface area (TPSA) is 63.2 Å². The van der Waals surface area contributed by atoms with Gasteiger partial charge in [-0.05, 0) is 37.3 Å². The molecule has 0 aliphatic heterocycles. The van der Waals surface area contributed by atoms with Crippen LogP contribution in [-0.2, 0) is 0 Å². The Hall–Kier alpha value is -3.55. The van der Waals surface area contributed by atoms with E-state index < -0.39 is 29.0 Å². The van der Waals surface area contributed by atoms with Crippen molar-refractivity contribution in [3.05, 3.63) is 77.9 Å². The fraction of sp³-hybridized carbons (Fsp3) is 0.100. The Kier molecular flexibility index (Phi) is 5.78. The minimum Gasteiger partial charge on any atom is -0.492 e. The molecule has 0 saturated carbocycles. The molecule has 1 aromatic heterocycles. The van der Waals surface area contributed by atoms with Gasteiger partial charge in [-0.25, -0.2) is 13.2 Å². The highest BCUT2D eigenvalue weighted by atomic mass is 19.2. The summed E-state index contributed by atoms with van der Waals surface area (Å²) >= 11 is 0. The average molecular weight is 387 g/mol. The fourth-order valence-electron chi connectivity index (χ4n) is 2.46. The summed E-state index contributed by atoms with van der Waals surface area (Å²) in [5.74, 6) is -4.56. The zero-order valence-electron chi connectivity index (χ0n) is 14.8. The minimum atomic E-state index is -1.65. The van der Waals surface area contributed by atoms with E-state index in [1.54, 1.807) is 12.1 Å². The third kappa shape index (κ3) is 4.22. The number of anilines is 3. The summed E-state index contributed by atoms with van der Waals surface area (Å²) in [7, 11) is 0. The van der Waals surface area contributed by atoms with E-state index in [-0.39, 0.29) is 5.56 Å². The van der Waals surface area contributed by atoms with Crippen molar-refractivity contribution in [2.75, 3.05) is 17.2 Å². The number of hydrogen-bond donors (Lipinski definition) is 2. The molecule has 8 heteroatoms. The van der Waals surface area contributed by atoms with E-state index in [1.807, 2.05) is 19.1 Å². The number of rotatable bonds is 6. The number of hydrogen-bond acceptors (Lipinski definition) is 4. The van der Waals surface area contributed by atoms with E-state index in [1.165, 1.54) is 18.5 Å². The number of nitrogens with one attached hydrogen (secondary N) is 2. The Morgan fingerprint density at radius 1 is 1.04 bits per heavy atom. The van der Waals surface area contributed by atoms with Gasteiger partial charge in [-0.2, -0.15) is 0 Å². The predicted octanol–water partition coefficient (Wildman–Crippen LogP) is 4.89. The van der Waals surface area contributed by atoms with Gasteiger partial charge in [0, 0.05) is 6.20 Å². The first-order valence-electron chi connectivity index (χ1n) is 8.38. The van der Waals surface area contributed by atoms with Crippen molar-refractivity contribution in [1.29, 1.82) is 0 Å². The van der Waals surface area contributed by atoms with Gasteiger partial charge in [-0.3, -0.25) is 9.78 Å². The third-order valence-corrected chi connectivity index (χ3v) is 3.75. The van der Waals surface area contributed by atoms with Crippen LogP contribution in [0.1, 0.15) is 17.3 Å². The molecule has 0 radical (unpaired) electrons. The Morgan fingerprint density at radius 3 is 2.61 bits per heavy atom. The van der Waals surface area contributed by atoms with E-state index in [9.17, 15) is 18.0 Å². The van der Waals surface area contributed by atoms with Gasteiger partial charge in [-0.15, -0.1) is 0 Å². The first-order valence-corrected chi connectivity index (χ1v) is 8.38. The highest BCUT2D eigenvalue weighted by Crippen LogP contribution is 2.27. The van der Waals surface area contributed by atoms with Crippen LogP contribution in [0.2, 0.25) is 0 Å². The van der Waals surface area contributed by atoms with E-state index in [2.05, 4.69) is 15.6 Å². The number of amides is 1. The van der Waals surface area contributed by atoms with Gasteiger partial charge in [0.15, 0.2) is 17.5 Å². The summed E-state index contributed by atoms with van der Waals surface area (Å²) in [6, 6.07) is 10.4. The molecule has 0 aliphatic carbocycles. The number of aromatic nitrogens is 1. The largest absolute Gasteiger partial charge is 0.492 e. The lowest BCUT2D eigenvalue weighted by atomic mass is 10.2. The van der Waals surface area contributed by atoms with Crippen molar-refractivity contribution >= 4 is 23.0 Å². The molecule has 0 spiro atoms. The molecule has 2 aromatic carbocycles. The standard InChI is InChI=1S/C20H16F3N3O2/c1-2-28-17-6-4-3-5-15(17)25-13-9-12(10-24-11-13)20(27)26-16-8-7-14(21)18(22)19(16)23/h3-11,25H,2H2,1H3,(H,26,27). The smallest absolute Gasteiger partial charge is 0.257 e. The molecule has 28 heavy (non-hydrogen) atoms. The normalized spacial score (nSPS) is 10.4. The minimum absolute atomic E-state index is 0.100. The number of carbonyl (C=O) groups is 1. The lowest BCUT2D eigenvalue weighted by Crippen LogP contribution is -2.14. The van der Waals surface area contributed by atoms with Crippen LogP contribution in [0.5, 0.6) is 5.75 Å². The molecule has 144 valence electrons.